The van der Waals surface area contributed by atoms with Crippen molar-refractivity contribution in [2.75, 3.05) is 6.54 Å². The fourth-order valence-corrected chi connectivity index (χ4v) is 1.86. The lowest BCUT2D eigenvalue weighted by molar-refractivity contribution is 0.656. The summed E-state index contributed by atoms with van der Waals surface area (Å²) in [6.07, 6.45) is 1.14. The van der Waals surface area contributed by atoms with Gasteiger partial charge >= 0.3 is 0 Å². The second-order valence-corrected chi connectivity index (χ2v) is 4.44. The number of imidazole rings is 1. The minimum absolute atomic E-state index is 0.806. The van der Waals surface area contributed by atoms with Gasteiger partial charge in [-0.3, -0.25) is 0 Å². The lowest BCUT2D eigenvalue weighted by Gasteiger charge is -1.97. The molecule has 1 aromatic heterocycles. The first-order chi connectivity index (χ1) is 7.29. The van der Waals surface area contributed by atoms with Gasteiger partial charge in [0.05, 0.1) is 17.6 Å². The number of aromatic nitrogens is 2. The summed E-state index contributed by atoms with van der Waals surface area (Å²) in [5.41, 5.74) is 2.10. The minimum atomic E-state index is 0.806. The molecular weight excluding hydrogens is 254 g/mol. The topological polar surface area (TPSA) is 40.7 Å². The maximum absolute atomic E-state index is 4.49. The average Bonchev–Trinajstić information content (AvgIpc) is 2.60. The highest BCUT2D eigenvalue weighted by molar-refractivity contribution is 9.10. The third-order valence-electron chi connectivity index (χ3n) is 2.21. The van der Waals surface area contributed by atoms with Gasteiger partial charge in [-0.05, 0) is 31.2 Å². The van der Waals surface area contributed by atoms with Crippen molar-refractivity contribution in [2.45, 2.75) is 19.9 Å². The van der Waals surface area contributed by atoms with Crippen molar-refractivity contribution in [2.24, 2.45) is 0 Å². The third kappa shape index (κ3) is 2.58. The van der Waals surface area contributed by atoms with Crippen LogP contribution < -0.4 is 5.32 Å². The van der Waals surface area contributed by atoms with E-state index in [1.807, 2.05) is 18.2 Å². The van der Waals surface area contributed by atoms with Crippen LogP contribution in [0.25, 0.3) is 11.0 Å². The Balaban J connectivity index is 2.16. The number of fused-ring (bicyclic) bond motifs is 1. The highest BCUT2D eigenvalue weighted by atomic mass is 79.9. The van der Waals surface area contributed by atoms with Crippen LogP contribution in [0.2, 0.25) is 0 Å². The van der Waals surface area contributed by atoms with E-state index in [0.717, 1.165) is 40.8 Å². The lowest BCUT2D eigenvalue weighted by atomic mass is 10.3. The van der Waals surface area contributed by atoms with Crippen LogP contribution >= 0.6 is 15.9 Å². The van der Waals surface area contributed by atoms with Crippen LogP contribution in [0.1, 0.15) is 19.2 Å². The summed E-state index contributed by atoms with van der Waals surface area (Å²) >= 11 is 3.44. The van der Waals surface area contributed by atoms with E-state index in [9.17, 15) is 0 Å². The molecule has 0 spiro atoms. The molecule has 0 aliphatic heterocycles. The van der Waals surface area contributed by atoms with E-state index in [-0.39, 0.29) is 0 Å². The molecule has 2 aromatic rings. The van der Waals surface area contributed by atoms with E-state index in [1.54, 1.807) is 0 Å². The number of rotatable bonds is 4. The minimum Gasteiger partial charge on any atom is -0.341 e. The first-order valence-corrected chi connectivity index (χ1v) is 5.93. The van der Waals surface area contributed by atoms with Crippen LogP contribution in [0.3, 0.4) is 0 Å². The van der Waals surface area contributed by atoms with Crippen LogP contribution in [0.4, 0.5) is 0 Å². The molecule has 0 radical (unpaired) electrons. The molecule has 0 aliphatic rings. The fraction of sp³-hybridized carbons (Fsp3) is 0.364. The molecule has 4 heteroatoms. The van der Waals surface area contributed by atoms with Crippen LogP contribution in [0.15, 0.2) is 22.7 Å². The van der Waals surface area contributed by atoms with Crippen molar-refractivity contribution in [3.05, 3.63) is 28.5 Å². The lowest BCUT2D eigenvalue weighted by Crippen LogP contribution is -2.14. The van der Waals surface area contributed by atoms with Gasteiger partial charge in [-0.2, -0.15) is 0 Å². The van der Waals surface area contributed by atoms with E-state index in [2.05, 4.69) is 38.1 Å². The second-order valence-electron chi connectivity index (χ2n) is 3.52. The van der Waals surface area contributed by atoms with Crippen LogP contribution in [0.5, 0.6) is 0 Å². The molecule has 0 amide bonds. The van der Waals surface area contributed by atoms with E-state index in [0.29, 0.717) is 0 Å². The predicted molar refractivity (Wildman–Crippen MR) is 65.8 cm³/mol. The maximum Gasteiger partial charge on any atom is 0.121 e. The van der Waals surface area contributed by atoms with Gasteiger partial charge in [0.15, 0.2) is 0 Å². The Hall–Kier alpha value is -0.870. The van der Waals surface area contributed by atoms with Gasteiger partial charge in [0.2, 0.25) is 0 Å². The molecule has 0 bridgehead atoms. The van der Waals surface area contributed by atoms with Gasteiger partial charge in [-0.1, -0.05) is 22.9 Å². The van der Waals surface area contributed by atoms with Crippen molar-refractivity contribution in [3.8, 4) is 0 Å². The van der Waals surface area contributed by atoms with Crippen molar-refractivity contribution >= 4 is 27.0 Å². The molecule has 0 fully saturated rings. The van der Waals surface area contributed by atoms with Crippen molar-refractivity contribution < 1.29 is 0 Å². The SMILES string of the molecule is CCCNCc1nc2ccc(Br)cc2[nH]1. The number of aromatic amines is 1. The second kappa shape index (κ2) is 4.77. The van der Waals surface area contributed by atoms with E-state index < -0.39 is 0 Å². The number of nitrogens with one attached hydrogen (secondary N) is 2. The Morgan fingerprint density at radius 3 is 3.13 bits per heavy atom. The average molecular weight is 268 g/mol. The molecule has 1 aromatic carbocycles. The summed E-state index contributed by atoms with van der Waals surface area (Å²) < 4.78 is 1.08. The van der Waals surface area contributed by atoms with E-state index in [1.165, 1.54) is 0 Å². The predicted octanol–water partition coefficient (Wildman–Crippen LogP) is 2.83. The smallest absolute Gasteiger partial charge is 0.121 e. The van der Waals surface area contributed by atoms with Gasteiger partial charge in [-0.25, -0.2) is 4.98 Å². The molecule has 0 atom stereocenters. The fourth-order valence-electron chi connectivity index (χ4n) is 1.50. The van der Waals surface area contributed by atoms with Crippen LogP contribution in [-0.2, 0) is 6.54 Å². The van der Waals surface area contributed by atoms with Gasteiger partial charge < -0.3 is 10.3 Å². The zero-order valence-electron chi connectivity index (χ0n) is 8.68. The van der Waals surface area contributed by atoms with Crippen molar-refractivity contribution in [1.29, 1.82) is 0 Å². The van der Waals surface area contributed by atoms with Crippen LogP contribution in [-0.4, -0.2) is 16.5 Å². The molecule has 1 heterocycles. The molecule has 80 valence electrons. The summed E-state index contributed by atoms with van der Waals surface area (Å²) in [5.74, 6) is 0.997. The zero-order valence-corrected chi connectivity index (χ0v) is 10.3. The summed E-state index contributed by atoms with van der Waals surface area (Å²) in [7, 11) is 0. The molecule has 0 saturated carbocycles. The number of halogens is 1. The van der Waals surface area contributed by atoms with Gasteiger partial charge in [0, 0.05) is 4.47 Å². The molecule has 0 saturated heterocycles. The number of hydrogen-bond donors (Lipinski definition) is 2. The van der Waals surface area contributed by atoms with Crippen molar-refractivity contribution in [1.82, 2.24) is 15.3 Å². The number of H-pyrrole nitrogens is 1. The maximum atomic E-state index is 4.49. The highest BCUT2D eigenvalue weighted by Gasteiger charge is 2.01. The first-order valence-electron chi connectivity index (χ1n) is 5.14. The monoisotopic (exact) mass is 267 g/mol. The molecule has 3 nitrogen and oxygen atoms in total. The van der Waals surface area contributed by atoms with Crippen LogP contribution in [0, 0.1) is 0 Å². The Morgan fingerprint density at radius 2 is 2.33 bits per heavy atom. The summed E-state index contributed by atoms with van der Waals surface area (Å²) in [6.45, 7) is 3.99. The molecule has 15 heavy (non-hydrogen) atoms. The standard InChI is InChI=1S/C11H14BrN3/c1-2-5-13-7-11-14-9-4-3-8(12)6-10(9)15-11/h3-4,6,13H,2,5,7H2,1H3,(H,14,15). The third-order valence-corrected chi connectivity index (χ3v) is 2.71. The van der Waals surface area contributed by atoms with Gasteiger partial charge in [0.1, 0.15) is 5.82 Å². The first kappa shape index (κ1) is 10.6. The molecule has 0 unspecified atom stereocenters. The van der Waals surface area contributed by atoms with E-state index in [4.69, 9.17) is 0 Å². The molecule has 0 aliphatic carbocycles. The zero-order chi connectivity index (χ0) is 10.7. The van der Waals surface area contributed by atoms with Gasteiger partial charge in [-0.15, -0.1) is 0 Å². The molecule has 2 rings (SSSR count). The quantitative estimate of drug-likeness (QED) is 0.837. The molecule has 2 N–H and O–H groups in total. The van der Waals surface area contributed by atoms with E-state index >= 15 is 0 Å². The van der Waals surface area contributed by atoms with Gasteiger partial charge in [0.25, 0.3) is 0 Å². The molecular formula is C11H14BrN3. The Morgan fingerprint density at radius 1 is 1.47 bits per heavy atom. The largest absolute Gasteiger partial charge is 0.341 e. The summed E-state index contributed by atoms with van der Waals surface area (Å²) in [4.78, 5) is 7.78. The number of nitrogens with zero attached hydrogens (tertiary/aromatic N) is 1. The van der Waals surface area contributed by atoms with Crippen molar-refractivity contribution in [3.63, 3.8) is 0 Å². The number of hydrogen-bond acceptors (Lipinski definition) is 2. The Labute approximate surface area is 97.4 Å². The Bertz CT molecular complexity index is 450. The summed E-state index contributed by atoms with van der Waals surface area (Å²) in [6, 6.07) is 6.07. The normalized spacial score (nSPS) is 11.1. The Kier molecular flexibility index (Phi) is 3.38. The highest BCUT2D eigenvalue weighted by Crippen LogP contribution is 2.17. The number of benzene rings is 1. The summed E-state index contributed by atoms with van der Waals surface area (Å²) in [5, 5.41) is 3.32.